The number of carboxylic acids is 1. The van der Waals surface area contributed by atoms with Crippen LogP contribution in [0.2, 0.25) is 0 Å². The molecule has 2 atom stereocenters. The largest absolute Gasteiger partial charge is 0.480 e. The Balaban J connectivity index is 3.92. The van der Waals surface area contributed by atoms with Gasteiger partial charge in [0, 0.05) is 13.0 Å². The molecule has 6 heteroatoms. The molecule has 0 fully saturated rings. The average molecular weight is 175 g/mol. The summed E-state index contributed by atoms with van der Waals surface area (Å²) in [5, 5.41) is 8.34. The Morgan fingerprint density at radius 3 is 2.08 bits per heavy atom. The van der Waals surface area contributed by atoms with Gasteiger partial charge in [0.15, 0.2) is 5.78 Å². The molecule has 0 spiro atoms. The fourth-order valence-corrected chi connectivity index (χ4v) is 0.587. The third kappa shape index (κ3) is 3.42. The zero-order valence-corrected chi connectivity index (χ0v) is 6.56. The van der Waals surface area contributed by atoms with Crippen molar-refractivity contribution in [3.05, 3.63) is 0 Å². The maximum Gasteiger partial charge on any atom is 0.320 e. The first-order valence-corrected chi connectivity index (χ1v) is 3.45. The van der Waals surface area contributed by atoms with Crippen molar-refractivity contribution in [1.82, 2.24) is 0 Å². The normalized spacial score (nSPS) is 15.2. The van der Waals surface area contributed by atoms with Crippen molar-refractivity contribution >= 4 is 11.8 Å². The maximum atomic E-state index is 10.9. The van der Waals surface area contributed by atoms with Gasteiger partial charge in [-0.1, -0.05) is 0 Å². The summed E-state index contributed by atoms with van der Waals surface area (Å²) in [6.45, 7) is 0.00513. The number of rotatable bonds is 5. The third-order valence-corrected chi connectivity index (χ3v) is 1.41. The van der Waals surface area contributed by atoms with E-state index in [4.69, 9.17) is 22.3 Å². The van der Waals surface area contributed by atoms with Gasteiger partial charge in [0.05, 0.1) is 6.04 Å². The fourth-order valence-electron chi connectivity index (χ4n) is 0.587. The van der Waals surface area contributed by atoms with Gasteiger partial charge >= 0.3 is 5.97 Å². The lowest BCUT2D eigenvalue weighted by Crippen LogP contribution is -2.42. The second-order valence-corrected chi connectivity index (χ2v) is 2.46. The van der Waals surface area contributed by atoms with Crippen LogP contribution in [-0.2, 0) is 9.59 Å². The summed E-state index contributed by atoms with van der Waals surface area (Å²) in [7, 11) is 0. The minimum Gasteiger partial charge on any atom is -0.480 e. The van der Waals surface area contributed by atoms with Gasteiger partial charge in [-0.3, -0.25) is 9.59 Å². The van der Waals surface area contributed by atoms with Crippen molar-refractivity contribution in [2.75, 3.05) is 6.54 Å². The van der Waals surface area contributed by atoms with Gasteiger partial charge in [-0.05, 0) is 0 Å². The second-order valence-electron chi connectivity index (χ2n) is 2.46. The molecule has 0 rings (SSSR count). The highest BCUT2D eigenvalue weighted by Crippen LogP contribution is 1.92. The van der Waals surface area contributed by atoms with E-state index >= 15 is 0 Å². The van der Waals surface area contributed by atoms with Gasteiger partial charge in [0.2, 0.25) is 0 Å². The predicted molar refractivity (Wildman–Crippen MR) is 42.3 cm³/mol. The summed E-state index contributed by atoms with van der Waals surface area (Å²) < 4.78 is 0. The quantitative estimate of drug-likeness (QED) is 0.369. The van der Waals surface area contributed by atoms with Crippen molar-refractivity contribution in [3.63, 3.8) is 0 Å². The topological polar surface area (TPSA) is 132 Å². The van der Waals surface area contributed by atoms with E-state index in [0.717, 1.165) is 0 Å². The van der Waals surface area contributed by atoms with Crippen LogP contribution in [-0.4, -0.2) is 35.5 Å². The van der Waals surface area contributed by atoms with E-state index in [2.05, 4.69) is 0 Å². The van der Waals surface area contributed by atoms with Crippen molar-refractivity contribution < 1.29 is 14.7 Å². The van der Waals surface area contributed by atoms with E-state index in [9.17, 15) is 9.59 Å². The van der Waals surface area contributed by atoms with Gasteiger partial charge in [0.25, 0.3) is 0 Å². The highest BCUT2D eigenvalue weighted by atomic mass is 16.4. The summed E-state index contributed by atoms with van der Waals surface area (Å²) in [4.78, 5) is 21.1. The Kier molecular flexibility index (Phi) is 4.42. The van der Waals surface area contributed by atoms with Crippen LogP contribution < -0.4 is 17.2 Å². The molecule has 0 heterocycles. The number of Topliss-reactive ketones (excluding diaryl/α,β-unsaturated/α-hetero) is 1. The minimum absolute atomic E-state index is 0.00513. The average Bonchev–Trinajstić information content (AvgIpc) is 2.02. The van der Waals surface area contributed by atoms with Gasteiger partial charge in [-0.2, -0.15) is 0 Å². The Hall–Kier alpha value is -0.980. The molecule has 70 valence electrons. The first kappa shape index (κ1) is 11.0. The van der Waals surface area contributed by atoms with Crippen LogP contribution in [0.3, 0.4) is 0 Å². The van der Waals surface area contributed by atoms with Crippen LogP contribution in [0.4, 0.5) is 0 Å². The highest BCUT2D eigenvalue weighted by molar-refractivity contribution is 5.89. The molecule has 0 bridgehead atoms. The lowest BCUT2D eigenvalue weighted by Gasteiger charge is -2.09. The van der Waals surface area contributed by atoms with Crippen molar-refractivity contribution in [3.8, 4) is 0 Å². The molecule has 7 N–H and O–H groups in total. The number of hydrogen-bond donors (Lipinski definition) is 4. The summed E-state index contributed by atoms with van der Waals surface area (Å²) in [5.74, 6) is -1.64. The molecule has 0 saturated carbocycles. The number of carbonyl (C=O) groups excluding carboxylic acids is 1. The molecule has 0 amide bonds. The lowest BCUT2D eigenvalue weighted by molar-refractivity contribution is -0.140. The molecule has 0 aromatic carbocycles. The van der Waals surface area contributed by atoms with Crippen LogP contribution in [0.5, 0.6) is 0 Å². The number of hydrogen-bond acceptors (Lipinski definition) is 5. The lowest BCUT2D eigenvalue weighted by atomic mass is 10.1. The molecule has 0 aliphatic rings. The SMILES string of the molecule is NCC(N)C(=O)C[C@H](N)C(=O)O. The van der Waals surface area contributed by atoms with Crippen molar-refractivity contribution in [2.45, 2.75) is 18.5 Å². The third-order valence-electron chi connectivity index (χ3n) is 1.41. The number of carboxylic acid groups (broad SMARTS) is 1. The number of nitrogens with two attached hydrogens (primary N) is 3. The Bertz CT molecular complexity index is 183. The molecular weight excluding hydrogens is 162 g/mol. The molecule has 0 aromatic heterocycles. The molecule has 1 unspecified atom stereocenters. The summed E-state index contributed by atoms with van der Waals surface area (Å²) in [6.07, 6.45) is -0.270. The standard InChI is InChI=1S/C6H13N3O3/c7-2-4(9)5(10)1-3(8)6(11)12/h3-4H,1-2,7-9H2,(H,11,12)/t3-,4?/m0/s1. The zero-order chi connectivity index (χ0) is 9.72. The highest BCUT2D eigenvalue weighted by Gasteiger charge is 2.19. The van der Waals surface area contributed by atoms with E-state index in [0.29, 0.717) is 0 Å². The molecule has 0 saturated heterocycles. The fraction of sp³-hybridized carbons (Fsp3) is 0.667. The van der Waals surface area contributed by atoms with Gasteiger partial charge < -0.3 is 22.3 Å². The molecule has 12 heavy (non-hydrogen) atoms. The first-order chi connectivity index (χ1) is 5.49. The van der Waals surface area contributed by atoms with Gasteiger partial charge in [0.1, 0.15) is 6.04 Å². The number of aliphatic carboxylic acids is 1. The monoisotopic (exact) mass is 175 g/mol. The predicted octanol–water partition coefficient (Wildman–Crippen LogP) is -2.36. The van der Waals surface area contributed by atoms with Crippen LogP contribution in [0.25, 0.3) is 0 Å². The Morgan fingerprint density at radius 2 is 1.75 bits per heavy atom. The van der Waals surface area contributed by atoms with E-state index in [-0.39, 0.29) is 13.0 Å². The Morgan fingerprint density at radius 1 is 1.25 bits per heavy atom. The van der Waals surface area contributed by atoms with E-state index in [1.54, 1.807) is 0 Å². The first-order valence-electron chi connectivity index (χ1n) is 3.45. The van der Waals surface area contributed by atoms with Gasteiger partial charge in [-0.15, -0.1) is 0 Å². The van der Waals surface area contributed by atoms with Crippen LogP contribution in [0.1, 0.15) is 6.42 Å². The Labute approximate surface area is 69.7 Å². The van der Waals surface area contributed by atoms with Crippen molar-refractivity contribution in [1.29, 1.82) is 0 Å². The van der Waals surface area contributed by atoms with Crippen LogP contribution in [0.15, 0.2) is 0 Å². The van der Waals surface area contributed by atoms with E-state index in [1.807, 2.05) is 0 Å². The summed E-state index contributed by atoms with van der Waals surface area (Å²) >= 11 is 0. The van der Waals surface area contributed by atoms with E-state index in [1.165, 1.54) is 0 Å². The molecule has 0 aliphatic carbocycles. The summed E-state index contributed by atoms with van der Waals surface area (Å²) in [5.41, 5.74) is 15.4. The molecule has 6 nitrogen and oxygen atoms in total. The molecule has 0 aliphatic heterocycles. The minimum atomic E-state index is -1.22. The van der Waals surface area contributed by atoms with Crippen LogP contribution in [0, 0.1) is 0 Å². The maximum absolute atomic E-state index is 10.9. The molecule has 0 aromatic rings. The zero-order valence-electron chi connectivity index (χ0n) is 6.56. The number of ketones is 1. The van der Waals surface area contributed by atoms with Crippen molar-refractivity contribution in [2.24, 2.45) is 17.2 Å². The van der Waals surface area contributed by atoms with Crippen LogP contribution >= 0.6 is 0 Å². The smallest absolute Gasteiger partial charge is 0.320 e. The van der Waals surface area contributed by atoms with Gasteiger partial charge in [-0.25, -0.2) is 0 Å². The second kappa shape index (κ2) is 4.81. The number of carbonyl (C=O) groups is 2. The summed E-state index contributed by atoms with van der Waals surface area (Å²) in [6, 6.07) is -1.99. The molecule has 0 radical (unpaired) electrons. The van der Waals surface area contributed by atoms with E-state index < -0.39 is 23.8 Å². The molecular formula is C6H13N3O3.